The van der Waals surface area contributed by atoms with Crippen molar-refractivity contribution >= 4 is 21.4 Å². The summed E-state index contributed by atoms with van der Waals surface area (Å²) in [6, 6.07) is 8.09. The Morgan fingerprint density at radius 2 is 1.95 bits per heavy atom. The molecule has 0 aliphatic rings. The molecule has 0 spiro atoms. The third kappa shape index (κ3) is 5.94. The van der Waals surface area contributed by atoms with Crippen LogP contribution in [0, 0.1) is 11.3 Å². The van der Waals surface area contributed by atoms with E-state index in [-0.39, 0.29) is 11.7 Å². The van der Waals surface area contributed by atoms with Gasteiger partial charge in [-0.25, -0.2) is 8.42 Å². The van der Waals surface area contributed by atoms with Gasteiger partial charge in [0.15, 0.2) is 0 Å². The van der Waals surface area contributed by atoms with Gasteiger partial charge in [0.2, 0.25) is 5.91 Å². The number of hydrogen-bond donors (Lipinski definition) is 1. The van der Waals surface area contributed by atoms with Gasteiger partial charge in [-0.1, -0.05) is 0 Å². The van der Waals surface area contributed by atoms with Crippen molar-refractivity contribution in [3.8, 4) is 6.07 Å². The molecule has 0 saturated carbocycles. The molecule has 114 valence electrons. The number of sulfone groups is 1. The minimum atomic E-state index is -3.05. The Morgan fingerprint density at radius 1 is 1.38 bits per heavy atom. The topological polar surface area (TPSA) is 90.3 Å². The van der Waals surface area contributed by atoms with Gasteiger partial charge < -0.3 is 5.32 Å². The summed E-state index contributed by atoms with van der Waals surface area (Å²) in [5.74, 6) is -0.214. The van der Waals surface area contributed by atoms with E-state index in [4.69, 9.17) is 5.26 Å². The zero-order valence-corrected chi connectivity index (χ0v) is 13.1. The van der Waals surface area contributed by atoms with Crippen LogP contribution in [-0.2, 0) is 14.6 Å². The Bertz CT molecular complexity index is 632. The predicted molar refractivity (Wildman–Crippen MR) is 81.6 cm³/mol. The van der Waals surface area contributed by atoms with E-state index in [1.54, 1.807) is 43.1 Å². The fourth-order valence-corrected chi connectivity index (χ4v) is 2.20. The third-order valence-corrected chi connectivity index (χ3v) is 4.06. The van der Waals surface area contributed by atoms with Crippen molar-refractivity contribution in [3.63, 3.8) is 0 Å². The number of nitrogens with zero attached hydrogens (tertiary/aromatic N) is 2. The van der Waals surface area contributed by atoms with Crippen molar-refractivity contribution in [2.75, 3.05) is 30.9 Å². The van der Waals surface area contributed by atoms with Crippen molar-refractivity contribution in [1.29, 1.82) is 5.26 Å². The Labute approximate surface area is 125 Å². The van der Waals surface area contributed by atoms with E-state index in [2.05, 4.69) is 5.32 Å². The summed E-state index contributed by atoms with van der Waals surface area (Å²) in [7, 11) is -1.35. The first-order chi connectivity index (χ1) is 9.73. The summed E-state index contributed by atoms with van der Waals surface area (Å²) in [6.45, 7) is 2.00. The summed E-state index contributed by atoms with van der Waals surface area (Å²) in [4.78, 5) is 13.7. The first kappa shape index (κ1) is 17.1. The lowest BCUT2D eigenvalue weighted by molar-refractivity contribution is -0.120. The molecule has 1 atom stereocenters. The van der Waals surface area contributed by atoms with Crippen LogP contribution in [-0.4, -0.2) is 50.9 Å². The maximum atomic E-state index is 12.1. The molecule has 7 heteroatoms. The fraction of sp³-hybridized carbons (Fsp3) is 0.429. The highest BCUT2D eigenvalue weighted by Gasteiger charge is 2.19. The van der Waals surface area contributed by atoms with Crippen LogP contribution in [0.2, 0.25) is 0 Å². The van der Waals surface area contributed by atoms with Crippen LogP contribution < -0.4 is 5.32 Å². The highest BCUT2D eigenvalue weighted by atomic mass is 32.2. The van der Waals surface area contributed by atoms with E-state index >= 15 is 0 Å². The maximum Gasteiger partial charge on any atom is 0.241 e. The van der Waals surface area contributed by atoms with Gasteiger partial charge in [0.25, 0.3) is 0 Å². The van der Waals surface area contributed by atoms with Crippen LogP contribution in [0.4, 0.5) is 5.69 Å². The number of amides is 1. The quantitative estimate of drug-likeness (QED) is 0.841. The molecule has 6 nitrogen and oxygen atoms in total. The zero-order chi connectivity index (χ0) is 16.0. The molecule has 0 aromatic heterocycles. The zero-order valence-electron chi connectivity index (χ0n) is 12.3. The van der Waals surface area contributed by atoms with Crippen molar-refractivity contribution in [2.24, 2.45) is 0 Å². The predicted octanol–water partition coefficient (Wildman–Crippen LogP) is 0.862. The number of benzene rings is 1. The van der Waals surface area contributed by atoms with Crippen LogP contribution in [0.3, 0.4) is 0 Å². The van der Waals surface area contributed by atoms with Gasteiger partial charge in [-0.3, -0.25) is 9.69 Å². The first-order valence-corrected chi connectivity index (χ1v) is 8.48. The number of anilines is 1. The number of carbonyl (C=O) groups is 1. The molecule has 1 aromatic rings. The van der Waals surface area contributed by atoms with Gasteiger partial charge in [0, 0.05) is 18.5 Å². The maximum absolute atomic E-state index is 12.1. The van der Waals surface area contributed by atoms with Crippen molar-refractivity contribution < 1.29 is 13.2 Å². The van der Waals surface area contributed by atoms with Crippen molar-refractivity contribution in [2.45, 2.75) is 13.0 Å². The smallest absolute Gasteiger partial charge is 0.241 e. The molecule has 0 saturated heterocycles. The molecular formula is C14H19N3O3S. The van der Waals surface area contributed by atoms with Crippen molar-refractivity contribution in [3.05, 3.63) is 29.8 Å². The standard InChI is InChI=1S/C14H19N3O3S/c1-11(17(2)8-9-21(3,19)20)14(18)16-13-6-4-12(10-15)5-7-13/h4-7,11H,8-9H2,1-3H3,(H,16,18). The first-order valence-electron chi connectivity index (χ1n) is 6.42. The number of likely N-dealkylation sites (N-methyl/N-ethyl adjacent to an activating group) is 1. The molecule has 1 rings (SSSR count). The largest absolute Gasteiger partial charge is 0.325 e. The number of rotatable bonds is 6. The number of hydrogen-bond acceptors (Lipinski definition) is 5. The van der Waals surface area contributed by atoms with Gasteiger partial charge in [0.05, 0.1) is 23.4 Å². The monoisotopic (exact) mass is 309 g/mol. The molecule has 1 unspecified atom stereocenters. The van der Waals surface area contributed by atoms with E-state index in [0.29, 0.717) is 17.8 Å². The van der Waals surface area contributed by atoms with Gasteiger partial charge in [-0.15, -0.1) is 0 Å². The lowest BCUT2D eigenvalue weighted by Gasteiger charge is -2.23. The molecule has 0 heterocycles. The van der Waals surface area contributed by atoms with Crippen LogP contribution in [0.15, 0.2) is 24.3 Å². The van der Waals surface area contributed by atoms with E-state index in [9.17, 15) is 13.2 Å². The Morgan fingerprint density at radius 3 is 2.43 bits per heavy atom. The van der Waals surface area contributed by atoms with Gasteiger partial charge >= 0.3 is 0 Å². The summed E-state index contributed by atoms with van der Waals surface area (Å²) < 4.78 is 22.3. The molecule has 0 fully saturated rings. The van der Waals surface area contributed by atoms with E-state index in [1.165, 1.54) is 6.26 Å². The van der Waals surface area contributed by atoms with E-state index < -0.39 is 15.9 Å². The highest BCUT2D eigenvalue weighted by molar-refractivity contribution is 7.90. The molecule has 0 aliphatic heterocycles. The second kappa shape index (κ2) is 7.20. The molecule has 1 aromatic carbocycles. The fourth-order valence-electron chi connectivity index (χ4n) is 1.58. The SMILES string of the molecule is CC(C(=O)Nc1ccc(C#N)cc1)N(C)CCS(C)(=O)=O. The average molecular weight is 309 g/mol. The molecular weight excluding hydrogens is 290 g/mol. The molecule has 0 bridgehead atoms. The van der Waals surface area contributed by atoms with Crippen LogP contribution in [0.5, 0.6) is 0 Å². The van der Waals surface area contributed by atoms with Gasteiger partial charge in [-0.05, 0) is 38.2 Å². The highest BCUT2D eigenvalue weighted by Crippen LogP contribution is 2.10. The van der Waals surface area contributed by atoms with Gasteiger partial charge in [-0.2, -0.15) is 5.26 Å². The van der Waals surface area contributed by atoms with Crippen LogP contribution in [0.1, 0.15) is 12.5 Å². The minimum Gasteiger partial charge on any atom is -0.325 e. The van der Waals surface area contributed by atoms with Crippen molar-refractivity contribution in [1.82, 2.24) is 4.90 Å². The molecule has 1 amide bonds. The number of nitrogens with one attached hydrogen (secondary N) is 1. The average Bonchev–Trinajstić information content (AvgIpc) is 2.43. The lowest BCUT2D eigenvalue weighted by atomic mass is 10.2. The summed E-state index contributed by atoms with van der Waals surface area (Å²) >= 11 is 0. The molecule has 0 radical (unpaired) electrons. The summed E-state index contributed by atoms with van der Waals surface area (Å²) in [5.41, 5.74) is 1.12. The van der Waals surface area contributed by atoms with Crippen LogP contribution in [0.25, 0.3) is 0 Å². The lowest BCUT2D eigenvalue weighted by Crippen LogP contribution is -2.41. The number of carbonyl (C=O) groups excluding carboxylic acids is 1. The second-order valence-electron chi connectivity index (χ2n) is 4.96. The summed E-state index contributed by atoms with van der Waals surface area (Å²) in [5, 5.41) is 11.4. The normalized spacial score (nSPS) is 12.7. The Balaban J connectivity index is 2.59. The minimum absolute atomic E-state index is 0.0119. The second-order valence-corrected chi connectivity index (χ2v) is 7.22. The Hall–Kier alpha value is -1.91. The van der Waals surface area contributed by atoms with Crippen LogP contribution >= 0.6 is 0 Å². The summed E-state index contributed by atoms with van der Waals surface area (Å²) in [6.07, 6.45) is 1.17. The molecule has 21 heavy (non-hydrogen) atoms. The van der Waals surface area contributed by atoms with Gasteiger partial charge in [0.1, 0.15) is 9.84 Å². The molecule has 0 aliphatic carbocycles. The molecule has 1 N–H and O–H groups in total. The number of nitriles is 1. The van der Waals surface area contributed by atoms with E-state index in [1.807, 2.05) is 6.07 Å². The Kier molecular flexibility index (Phi) is 5.88. The third-order valence-electron chi connectivity index (χ3n) is 3.14. The van der Waals surface area contributed by atoms with E-state index in [0.717, 1.165) is 0 Å².